The number of carbonyl (C=O) groups excluding carboxylic acids is 2. The van der Waals surface area contributed by atoms with E-state index in [0.29, 0.717) is 59.0 Å². The number of morpholine rings is 2. The fourth-order valence-electron chi connectivity index (χ4n) is 6.05. The first-order chi connectivity index (χ1) is 20.1. The number of urea groups is 1. The van der Waals surface area contributed by atoms with Gasteiger partial charge in [-0.3, -0.25) is 4.90 Å². The van der Waals surface area contributed by atoms with Crippen molar-refractivity contribution < 1.29 is 23.8 Å². The Kier molecular flexibility index (Phi) is 7.57. The van der Waals surface area contributed by atoms with Gasteiger partial charge in [-0.05, 0) is 75.4 Å². The van der Waals surface area contributed by atoms with E-state index in [1.54, 1.807) is 11.1 Å². The second-order valence-corrected chi connectivity index (χ2v) is 12.5. The zero-order valence-corrected chi connectivity index (χ0v) is 25.1. The second-order valence-electron chi connectivity index (χ2n) is 12.5. The Balaban J connectivity index is 1.41. The molecule has 1 aromatic carbocycles. The molecule has 2 fully saturated rings. The Labute approximate surface area is 246 Å². The summed E-state index contributed by atoms with van der Waals surface area (Å²) in [7, 11) is 0. The highest BCUT2D eigenvalue weighted by Gasteiger charge is 2.37. The van der Waals surface area contributed by atoms with Gasteiger partial charge in [-0.25, -0.2) is 19.6 Å². The number of H-pyrrole nitrogens is 1. The third-order valence-electron chi connectivity index (χ3n) is 8.24. The summed E-state index contributed by atoms with van der Waals surface area (Å²) in [6.45, 7) is 13.6. The molecule has 5 heterocycles. The van der Waals surface area contributed by atoms with Crippen LogP contribution in [0.5, 0.6) is 0 Å². The second kappa shape index (κ2) is 11.2. The number of rotatable bonds is 2. The molecule has 6 rings (SSSR count). The molecular weight excluding hydrogens is 536 g/mol. The van der Waals surface area contributed by atoms with E-state index >= 15 is 0 Å². The summed E-state index contributed by atoms with van der Waals surface area (Å²) in [5.41, 5.74) is 6.81. The summed E-state index contributed by atoms with van der Waals surface area (Å²) in [5, 5.41) is 0. The van der Waals surface area contributed by atoms with Gasteiger partial charge in [0.25, 0.3) is 0 Å². The molecule has 3 aliphatic rings. The molecule has 3 aliphatic heterocycles. The van der Waals surface area contributed by atoms with Crippen LogP contribution in [0.15, 0.2) is 24.5 Å². The number of ether oxygens (including phenoxy) is 3. The first-order valence-corrected chi connectivity index (χ1v) is 14.8. The molecule has 2 aromatic heterocycles. The quantitative estimate of drug-likeness (QED) is 0.480. The fraction of sp³-hybridized carbons (Fsp3) is 0.548. The highest BCUT2D eigenvalue weighted by molar-refractivity contribution is 5.79. The van der Waals surface area contributed by atoms with Crippen molar-refractivity contribution in [1.29, 1.82) is 0 Å². The summed E-state index contributed by atoms with van der Waals surface area (Å²) in [6, 6.07) is 3.94. The number of hydrogen-bond acceptors (Lipinski definition) is 7. The molecule has 2 atom stereocenters. The first kappa shape index (κ1) is 28.4. The normalized spacial score (nSPS) is 21.4. The first-order valence-electron chi connectivity index (χ1n) is 14.8. The maximum atomic E-state index is 13.7. The lowest BCUT2D eigenvalue weighted by molar-refractivity contribution is -0.0334. The summed E-state index contributed by atoms with van der Waals surface area (Å²) in [6.07, 6.45) is 4.02. The van der Waals surface area contributed by atoms with Crippen molar-refractivity contribution in [3.63, 3.8) is 0 Å². The molecule has 0 unspecified atom stereocenters. The minimum Gasteiger partial charge on any atom is -0.444 e. The van der Waals surface area contributed by atoms with Gasteiger partial charge in [-0.15, -0.1) is 0 Å². The number of fused-ring (bicyclic) bond motifs is 2. The highest BCUT2D eigenvalue weighted by atomic mass is 16.6. The zero-order valence-electron chi connectivity index (χ0n) is 25.1. The molecule has 0 spiro atoms. The number of aryl methyl sites for hydroxylation is 1. The van der Waals surface area contributed by atoms with Gasteiger partial charge < -0.3 is 29.0 Å². The van der Waals surface area contributed by atoms with E-state index in [0.717, 1.165) is 44.7 Å². The molecule has 0 bridgehead atoms. The molecule has 0 aliphatic carbocycles. The van der Waals surface area contributed by atoms with Crippen molar-refractivity contribution in [2.24, 2.45) is 0 Å². The zero-order chi connectivity index (χ0) is 29.6. The number of carbonyl (C=O) groups is 2. The van der Waals surface area contributed by atoms with Crippen LogP contribution in [0.2, 0.25) is 0 Å². The summed E-state index contributed by atoms with van der Waals surface area (Å²) < 4.78 is 17.3. The third kappa shape index (κ3) is 5.55. The van der Waals surface area contributed by atoms with E-state index in [1.807, 2.05) is 50.6 Å². The van der Waals surface area contributed by atoms with Crippen LogP contribution in [0.25, 0.3) is 22.4 Å². The lowest BCUT2D eigenvalue weighted by Crippen LogP contribution is -2.53. The minimum atomic E-state index is -0.626. The van der Waals surface area contributed by atoms with Gasteiger partial charge in [0.15, 0.2) is 5.65 Å². The molecule has 2 saturated heterocycles. The molecule has 1 N–H and O–H groups in total. The minimum absolute atomic E-state index is 0.0225. The van der Waals surface area contributed by atoms with Gasteiger partial charge in [-0.2, -0.15) is 0 Å². The largest absolute Gasteiger partial charge is 0.444 e. The lowest BCUT2D eigenvalue weighted by atomic mass is 9.87. The standard InChI is InChI=1S/C31H40N6O5/c1-19-14-32-28-27(19)34-25(15-33-28)22-12-21-6-7-35(29(38)36-8-10-40-17-20(36)2)16-24(21)23(13-22)26-18-41-11-9-37(26)30(39)42-31(3,4)5/h12-15,20,26H,6-11,16-18H2,1-5H3,(H,32,33)/t20-,26-/m0/s1. The third-order valence-corrected chi connectivity index (χ3v) is 8.24. The van der Waals surface area contributed by atoms with Crippen molar-refractivity contribution in [1.82, 2.24) is 29.7 Å². The van der Waals surface area contributed by atoms with E-state index in [9.17, 15) is 9.59 Å². The van der Waals surface area contributed by atoms with E-state index in [2.05, 4.69) is 22.1 Å². The van der Waals surface area contributed by atoms with Crippen LogP contribution < -0.4 is 0 Å². The number of benzene rings is 1. The molecule has 42 heavy (non-hydrogen) atoms. The molecule has 3 amide bonds. The molecule has 0 radical (unpaired) electrons. The molecule has 3 aromatic rings. The average molecular weight is 577 g/mol. The van der Waals surface area contributed by atoms with E-state index in [4.69, 9.17) is 19.2 Å². The van der Waals surface area contributed by atoms with Crippen molar-refractivity contribution in [3.05, 3.63) is 46.8 Å². The summed E-state index contributed by atoms with van der Waals surface area (Å²) in [4.78, 5) is 45.4. The number of aromatic amines is 1. The van der Waals surface area contributed by atoms with E-state index in [1.165, 1.54) is 0 Å². The van der Waals surface area contributed by atoms with Gasteiger partial charge in [0.2, 0.25) is 0 Å². The van der Waals surface area contributed by atoms with Crippen LogP contribution in [-0.4, -0.2) is 99.5 Å². The maximum Gasteiger partial charge on any atom is 0.410 e. The van der Waals surface area contributed by atoms with Crippen molar-refractivity contribution >= 4 is 23.3 Å². The summed E-state index contributed by atoms with van der Waals surface area (Å²) in [5.74, 6) is 0. The molecule has 11 heteroatoms. The number of hydrogen-bond donors (Lipinski definition) is 1. The fourth-order valence-corrected chi connectivity index (χ4v) is 6.05. The van der Waals surface area contributed by atoms with E-state index in [-0.39, 0.29) is 24.2 Å². The smallest absolute Gasteiger partial charge is 0.410 e. The van der Waals surface area contributed by atoms with Crippen LogP contribution in [0, 0.1) is 6.92 Å². The summed E-state index contributed by atoms with van der Waals surface area (Å²) >= 11 is 0. The van der Waals surface area contributed by atoms with Crippen LogP contribution in [-0.2, 0) is 27.2 Å². The van der Waals surface area contributed by atoms with Crippen LogP contribution in [0.1, 0.15) is 56.0 Å². The topological polar surface area (TPSA) is 113 Å². The van der Waals surface area contributed by atoms with Gasteiger partial charge >= 0.3 is 12.1 Å². The van der Waals surface area contributed by atoms with Gasteiger partial charge in [-0.1, -0.05) is 0 Å². The monoisotopic (exact) mass is 576 g/mol. The van der Waals surface area contributed by atoms with Crippen molar-refractivity contribution in [3.8, 4) is 11.3 Å². The SMILES string of the molecule is Cc1c[nH]c2ncc(-c3cc4c(c([C@@H]5COCCN5C(=O)OC(C)(C)C)c3)CN(C(=O)N3CCOC[C@@H]3C)CC4)nc12. The molecule has 11 nitrogen and oxygen atoms in total. The predicted molar refractivity (Wildman–Crippen MR) is 157 cm³/mol. The number of nitrogens with zero attached hydrogens (tertiary/aromatic N) is 5. The van der Waals surface area contributed by atoms with Crippen molar-refractivity contribution in [2.75, 3.05) is 46.1 Å². The number of aromatic nitrogens is 3. The maximum absolute atomic E-state index is 13.7. The van der Waals surface area contributed by atoms with E-state index < -0.39 is 5.60 Å². The highest BCUT2D eigenvalue weighted by Crippen LogP contribution is 2.37. The molecule has 224 valence electrons. The van der Waals surface area contributed by atoms with Gasteiger partial charge in [0, 0.05) is 37.9 Å². The van der Waals surface area contributed by atoms with Crippen LogP contribution >= 0.6 is 0 Å². The predicted octanol–water partition coefficient (Wildman–Crippen LogP) is 4.44. The molecular formula is C31H40N6O5. The van der Waals surface area contributed by atoms with Crippen LogP contribution in [0.3, 0.4) is 0 Å². The average Bonchev–Trinajstić information content (AvgIpc) is 3.35. The van der Waals surface area contributed by atoms with Crippen molar-refractivity contribution in [2.45, 2.75) is 65.3 Å². The Morgan fingerprint density at radius 1 is 1.07 bits per heavy atom. The Bertz CT molecular complexity index is 1500. The Morgan fingerprint density at radius 3 is 2.60 bits per heavy atom. The lowest BCUT2D eigenvalue weighted by Gasteiger charge is -2.41. The number of nitrogens with one attached hydrogen (secondary N) is 1. The Morgan fingerprint density at radius 2 is 1.83 bits per heavy atom. The van der Waals surface area contributed by atoms with Crippen LogP contribution in [0.4, 0.5) is 9.59 Å². The van der Waals surface area contributed by atoms with Gasteiger partial charge in [0.1, 0.15) is 11.1 Å². The Hall–Kier alpha value is -3.70. The molecule has 0 saturated carbocycles. The number of amides is 3. The van der Waals surface area contributed by atoms with Gasteiger partial charge in [0.05, 0.1) is 50.4 Å².